The highest BCUT2D eigenvalue weighted by Crippen LogP contribution is 2.15. The van der Waals surface area contributed by atoms with Gasteiger partial charge in [-0.15, -0.1) is 0 Å². The van der Waals surface area contributed by atoms with E-state index in [4.69, 9.17) is 19.3 Å². The molecule has 0 aliphatic carbocycles. The molecule has 6 nitrogen and oxygen atoms in total. The molecule has 0 saturated heterocycles. The number of hydrogen-bond acceptors (Lipinski definition) is 8. The maximum Gasteiger partial charge on any atom is 0.304 e. The minimum atomic E-state index is -0.768. The SMILES string of the molecule is CC(C)(CCNCCC(=O)O)OCCSCCSCCOCCOCCS. The Labute approximate surface area is 178 Å². The Morgan fingerprint density at radius 3 is 2.22 bits per heavy atom. The molecule has 0 bridgehead atoms. The van der Waals surface area contributed by atoms with Crippen molar-refractivity contribution in [3.63, 3.8) is 0 Å². The molecule has 0 atom stereocenters. The van der Waals surface area contributed by atoms with Crippen LogP contribution >= 0.6 is 36.2 Å². The highest BCUT2D eigenvalue weighted by molar-refractivity contribution is 8.02. The van der Waals surface area contributed by atoms with E-state index < -0.39 is 5.97 Å². The minimum Gasteiger partial charge on any atom is -0.481 e. The zero-order chi connectivity index (χ0) is 20.2. The van der Waals surface area contributed by atoms with Gasteiger partial charge in [0.2, 0.25) is 0 Å². The second-order valence-electron chi connectivity index (χ2n) is 6.42. The van der Waals surface area contributed by atoms with E-state index in [0.29, 0.717) is 26.4 Å². The van der Waals surface area contributed by atoms with Gasteiger partial charge in [-0.25, -0.2) is 0 Å². The number of ether oxygens (including phenoxy) is 3. The van der Waals surface area contributed by atoms with Crippen LogP contribution in [0.2, 0.25) is 0 Å². The molecule has 0 heterocycles. The lowest BCUT2D eigenvalue weighted by Gasteiger charge is -2.25. The quantitative estimate of drug-likeness (QED) is 0.185. The third-order valence-electron chi connectivity index (χ3n) is 3.49. The number of hydrogen-bond donors (Lipinski definition) is 3. The van der Waals surface area contributed by atoms with Gasteiger partial charge in [-0.3, -0.25) is 4.79 Å². The lowest BCUT2D eigenvalue weighted by atomic mass is 10.1. The summed E-state index contributed by atoms with van der Waals surface area (Å²) in [6, 6.07) is 0. The Balaban J connectivity index is 3.29. The number of carboxylic acids is 1. The molecular weight excluding hydrogens is 406 g/mol. The number of rotatable bonds is 21. The first-order chi connectivity index (χ1) is 13.0. The van der Waals surface area contributed by atoms with Crippen molar-refractivity contribution in [2.75, 3.05) is 74.9 Å². The predicted molar refractivity (Wildman–Crippen MR) is 120 cm³/mol. The molecule has 0 rings (SSSR count). The maximum atomic E-state index is 10.4. The zero-order valence-electron chi connectivity index (χ0n) is 16.7. The van der Waals surface area contributed by atoms with Crippen LogP contribution in [0.3, 0.4) is 0 Å². The smallest absolute Gasteiger partial charge is 0.304 e. The molecule has 9 heteroatoms. The lowest BCUT2D eigenvalue weighted by Crippen LogP contribution is -2.31. The molecular formula is C18H37NO5S3. The summed E-state index contributed by atoms with van der Waals surface area (Å²) in [5.74, 6) is 4.25. The van der Waals surface area contributed by atoms with Gasteiger partial charge in [-0.05, 0) is 26.8 Å². The van der Waals surface area contributed by atoms with E-state index in [0.717, 1.165) is 54.9 Å². The first-order valence-electron chi connectivity index (χ1n) is 9.46. The summed E-state index contributed by atoms with van der Waals surface area (Å²) >= 11 is 7.90. The average molecular weight is 444 g/mol. The topological polar surface area (TPSA) is 77.0 Å². The van der Waals surface area contributed by atoms with Gasteiger partial charge < -0.3 is 24.6 Å². The van der Waals surface area contributed by atoms with Crippen molar-refractivity contribution in [1.82, 2.24) is 5.32 Å². The lowest BCUT2D eigenvalue weighted by molar-refractivity contribution is -0.136. The molecule has 2 N–H and O–H groups in total. The van der Waals surface area contributed by atoms with Crippen LogP contribution in [-0.2, 0) is 19.0 Å². The Hall–Kier alpha value is 0.360. The van der Waals surface area contributed by atoms with Crippen LogP contribution in [0.15, 0.2) is 0 Å². The average Bonchev–Trinajstić information content (AvgIpc) is 2.61. The molecule has 0 spiro atoms. The highest BCUT2D eigenvalue weighted by atomic mass is 32.2. The molecule has 0 unspecified atom stereocenters. The number of nitrogens with one attached hydrogen (secondary N) is 1. The molecule has 0 aromatic heterocycles. The van der Waals surface area contributed by atoms with E-state index in [9.17, 15) is 4.79 Å². The molecule has 0 aromatic rings. The van der Waals surface area contributed by atoms with Crippen molar-refractivity contribution >= 4 is 42.1 Å². The fraction of sp³-hybridized carbons (Fsp3) is 0.944. The van der Waals surface area contributed by atoms with Crippen molar-refractivity contribution in [3.05, 3.63) is 0 Å². The van der Waals surface area contributed by atoms with Crippen molar-refractivity contribution < 1.29 is 24.1 Å². The fourth-order valence-electron chi connectivity index (χ4n) is 1.99. The summed E-state index contributed by atoms with van der Waals surface area (Å²) in [7, 11) is 0. The second kappa shape index (κ2) is 19.7. The Kier molecular flexibility index (Phi) is 19.9. The standard InChI is InChI=1S/C18H37NO5S3/c1-18(2,4-6-19-5-3-17(20)21)24-11-14-27-16-15-26-13-10-23-8-7-22-9-12-25/h19,25H,3-16H2,1-2H3,(H,20,21). The Bertz CT molecular complexity index is 349. The van der Waals surface area contributed by atoms with Crippen LogP contribution in [0.5, 0.6) is 0 Å². The molecule has 0 aromatic carbocycles. The van der Waals surface area contributed by atoms with Crippen LogP contribution in [-0.4, -0.2) is 91.6 Å². The molecule has 0 saturated carbocycles. The first kappa shape index (κ1) is 27.4. The van der Waals surface area contributed by atoms with Gasteiger partial charge in [0.25, 0.3) is 0 Å². The molecule has 0 radical (unpaired) electrons. The molecule has 0 fully saturated rings. The van der Waals surface area contributed by atoms with Gasteiger partial charge in [0.1, 0.15) is 0 Å². The van der Waals surface area contributed by atoms with Crippen molar-refractivity contribution in [2.45, 2.75) is 32.3 Å². The number of thiol groups is 1. The predicted octanol–water partition coefficient (Wildman–Crippen LogP) is 2.67. The van der Waals surface area contributed by atoms with Gasteiger partial charge in [0.15, 0.2) is 0 Å². The minimum absolute atomic E-state index is 0.160. The maximum absolute atomic E-state index is 10.4. The molecule has 0 amide bonds. The van der Waals surface area contributed by atoms with Gasteiger partial charge in [-0.1, -0.05) is 0 Å². The summed E-state index contributed by atoms with van der Waals surface area (Å²) in [4.78, 5) is 10.4. The normalized spacial score (nSPS) is 11.8. The number of thioether (sulfide) groups is 2. The third-order valence-corrected chi connectivity index (χ3v) is 5.83. The van der Waals surface area contributed by atoms with Crippen LogP contribution in [0.1, 0.15) is 26.7 Å². The van der Waals surface area contributed by atoms with E-state index in [1.165, 1.54) is 0 Å². The van der Waals surface area contributed by atoms with Crippen LogP contribution in [0.25, 0.3) is 0 Å². The monoisotopic (exact) mass is 443 g/mol. The number of aliphatic carboxylic acids is 1. The van der Waals surface area contributed by atoms with Crippen LogP contribution in [0.4, 0.5) is 0 Å². The molecule has 162 valence electrons. The molecule has 0 aliphatic rings. The van der Waals surface area contributed by atoms with E-state index in [2.05, 4.69) is 31.8 Å². The van der Waals surface area contributed by atoms with Crippen LogP contribution < -0.4 is 5.32 Å². The summed E-state index contributed by atoms with van der Waals surface area (Å²) < 4.78 is 16.7. The summed E-state index contributed by atoms with van der Waals surface area (Å²) in [5.41, 5.74) is -0.181. The number of carboxylic acid groups (broad SMARTS) is 1. The molecule has 0 aliphatic heterocycles. The van der Waals surface area contributed by atoms with Gasteiger partial charge in [0, 0.05) is 35.3 Å². The Morgan fingerprint density at radius 2 is 1.59 bits per heavy atom. The van der Waals surface area contributed by atoms with E-state index in [1.54, 1.807) is 0 Å². The second-order valence-corrected chi connectivity index (χ2v) is 9.32. The van der Waals surface area contributed by atoms with E-state index in [-0.39, 0.29) is 12.0 Å². The summed E-state index contributed by atoms with van der Waals surface area (Å²) in [6.07, 6.45) is 1.03. The van der Waals surface area contributed by atoms with Gasteiger partial charge in [0.05, 0.1) is 45.1 Å². The summed E-state index contributed by atoms with van der Waals surface area (Å²) in [5, 5.41) is 11.7. The fourth-order valence-corrected chi connectivity index (χ4v) is 3.90. The third kappa shape index (κ3) is 22.5. The highest BCUT2D eigenvalue weighted by Gasteiger charge is 2.17. The first-order valence-corrected chi connectivity index (χ1v) is 12.4. The zero-order valence-corrected chi connectivity index (χ0v) is 19.3. The summed E-state index contributed by atoms with van der Waals surface area (Å²) in [6.45, 7) is 8.95. The van der Waals surface area contributed by atoms with Crippen molar-refractivity contribution in [3.8, 4) is 0 Å². The van der Waals surface area contributed by atoms with E-state index in [1.807, 2.05) is 23.5 Å². The Morgan fingerprint density at radius 1 is 0.963 bits per heavy atom. The van der Waals surface area contributed by atoms with Crippen molar-refractivity contribution in [1.29, 1.82) is 0 Å². The van der Waals surface area contributed by atoms with Gasteiger partial charge in [-0.2, -0.15) is 36.2 Å². The number of carbonyl (C=O) groups is 1. The van der Waals surface area contributed by atoms with Crippen molar-refractivity contribution in [2.24, 2.45) is 0 Å². The van der Waals surface area contributed by atoms with Crippen LogP contribution in [0, 0.1) is 0 Å². The molecule has 27 heavy (non-hydrogen) atoms. The largest absolute Gasteiger partial charge is 0.481 e. The van der Waals surface area contributed by atoms with E-state index >= 15 is 0 Å². The van der Waals surface area contributed by atoms with Gasteiger partial charge >= 0.3 is 5.97 Å².